The third kappa shape index (κ3) is 2.45. The number of Topliss-reactive ketones (excluding diaryl/α,β-unsaturated/α-hetero) is 1. The van der Waals surface area contributed by atoms with Gasteiger partial charge in [-0.15, -0.1) is 0 Å². The zero-order chi connectivity index (χ0) is 9.97. The molecule has 1 aromatic heterocycles. The quantitative estimate of drug-likeness (QED) is 0.716. The molecule has 14 heavy (non-hydrogen) atoms. The molecule has 1 fully saturated rings. The number of rotatable bonds is 4. The molecule has 1 aliphatic carbocycles. The van der Waals surface area contributed by atoms with Crippen LogP contribution in [0.5, 0.6) is 5.75 Å². The summed E-state index contributed by atoms with van der Waals surface area (Å²) in [5, 5.41) is 0.376. The number of aromatic nitrogens is 1. The number of ketones is 1. The van der Waals surface area contributed by atoms with Crippen molar-refractivity contribution in [2.45, 2.75) is 12.8 Å². The molecular formula is C10H10ClNO2. The molecule has 1 aliphatic rings. The number of hydrogen-bond donors (Lipinski definition) is 0. The van der Waals surface area contributed by atoms with Crippen LogP contribution >= 0.6 is 11.6 Å². The third-order valence-electron chi connectivity index (χ3n) is 2.11. The van der Waals surface area contributed by atoms with Gasteiger partial charge in [0.1, 0.15) is 17.5 Å². The van der Waals surface area contributed by atoms with Crippen molar-refractivity contribution in [1.29, 1.82) is 0 Å². The normalized spacial score (nSPS) is 15.2. The van der Waals surface area contributed by atoms with E-state index in [-0.39, 0.29) is 18.3 Å². The lowest BCUT2D eigenvalue weighted by Gasteiger charge is -2.04. The molecular weight excluding hydrogens is 202 g/mol. The number of ether oxygens (including phenoxy) is 1. The fourth-order valence-electron chi connectivity index (χ4n) is 1.15. The second-order valence-electron chi connectivity index (χ2n) is 3.34. The highest BCUT2D eigenvalue weighted by Gasteiger charge is 2.29. The van der Waals surface area contributed by atoms with Gasteiger partial charge in [0.2, 0.25) is 0 Å². The summed E-state index contributed by atoms with van der Waals surface area (Å²) in [5.74, 6) is 1.02. The van der Waals surface area contributed by atoms with Crippen LogP contribution < -0.4 is 4.74 Å². The van der Waals surface area contributed by atoms with Crippen molar-refractivity contribution in [2.75, 3.05) is 6.61 Å². The molecule has 0 radical (unpaired) electrons. The van der Waals surface area contributed by atoms with Gasteiger partial charge in [0.25, 0.3) is 0 Å². The molecule has 1 heterocycles. The van der Waals surface area contributed by atoms with Gasteiger partial charge >= 0.3 is 0 Å². The molecule has 0 bridgehead atoms. The number of halogens is 1. The zero-order valence-corrected chi connectivity index (χ0v) is 8.33. The summed E-state index contributed by atoms with van der Waals surface area (Å²) in [6.07, 6.45) is 3.58. The topological polar surface area (TPSA) is 39.2 Å². The molecule has 4 heteroatoms. The second-order valence-corrected chi connectivity index (χ2v) is 3.73. The molecule has 3 nitrogen and oxygen atoms in total. The molecule has 0 amide bonds. The van der Waals surface area contributed by atoms with E-state index in [4.69, 9.17) is 16.3 Å². The van der Waals surface area contributed by atoms with Gasteiger partial charge in [-0.05, 0) is 18.9 Å². The Bertz CT molecular complexity index is 350. The first-order chi connectivity index (χ1) is 6.75. The first-order valence-corrected chi connectivity index (χ1v) is 4.90. The van der Waals surface area contributed by atoms with Crippen LogP contribution in [0.3, 0.4) is 0 Å². The van der Waals surface area contributed by atoms with Crippen LogP contribution in [-0.2, 0) is 4.79 Å². The minimum atomic E-state index is 0.144. The van der Waals surface area contributed by atoms with E-state index in [1.54, 1.807) is 18.3 Å². The SMILES string of the molecule is O=C(COc1ccnc(Cl)c1)C1CC1. The minimum Gasteiger partial charge on any atom is -0.486 e. The van der Waals surface area contributed by atoms with Gasteiger partial charge in [-0.25, -0.2) is 4.98 Å². The molecule has 0 N–H and O–H groups in total. The van der Waals surface area contributed by atoms with E-state index in [0.29, 0.717) is 10.9 Å². The lowest BCUT2D eigenvalue weighted by Crippen LogP contribution is -2.12. The van der Waals surface area contributed by atoms with Gasteiger partial charge in [-0.1, -0.05) is 11.6 Å². The predicted octanol–water partition coefficient (Wildman–Crippen LogP) is 2.09. The molecule has 1 saturated carbocycles. The largest absolute Gasteiger partial charge is 0.486 e. The third-order valence-corrected chi connectivity index (χ3v) is 2.32. The highest BCUT2D eigenvalue weighted by molar-refractivity contribution is 6.29. The monoisotopic (exact) mass is 211 g/mol. The van der Waals surface area contributed by atoms with Crippen molar-refractivity contribution in [3.8, 4) is 5.75 Å². The van der Waals surface area contributed by atoms with Gasteiger partial charge in [-0.2, -0.15) is 0 Å². The maximum Gasteiger partial charge on any atom is 0.173 e. The number of nitrogens with zero attached hydrogens (tertiary/aromatic N) is 1. The molecule has 0 aliphatic heterocycles. The summed E-state index contributed by atoms with van der Waals surface area (Å²) in [4.78, 5) is 15.1. The van der Waals surface area contributed by atoms with Crippen molar-refractivity contribution in [2.24, 2.45) is 5.92 Å². The number of pyridine rings is 1. The van der Waals surface area contributed by atoms with Gasteiger partial charge in [0, 0.05) is 18.2 Å². The fraction of sp³-hybridized carbons (Fsp3) is 0.400. The summed E-state index contributed by atoms with van der Waals surface area (Å²) in [6.45, 7) is 0.144. The number of hydrogen-bond acceptors (Lipinski definition) is 3. The van der Waals surface area contributed by atoms with Gasteiger partial charge in [0.15, 0.2) is 5.78 Å². The van der Waals surface area contributed by atoms with Crippen LogP contribution in [0, 0.1) is 5.92 Å². The van der Waals surface area contributed by atoms with Crippen molar-refractivity contribution in [3.63, 3.8) is 0 Å². The van der Waals surface area contributed by atoms with Crippen LogP contribution in [0.1, 0.15) is 12.8 Å². The first kappa shape index (κ1) is 9.46. The Kier molecular flexibility index (Phi) is 2.68. The van der Waals surface area contributed by atoms with Crippen LogP contribution in [-0.4, -0.2) is 17.4 Å². The lowest BCUT2D eigenvalue weighted by atomic mass is 10.3. The zero-order valence-electron chi connectivity index (χ0n) is 7.57. The molecule has 0 saturated heterocycles. The van der Waals surface area contributed by atoms with E-state index in [2.05, 4.69) is 4.98 Å². The van der Waals surface area contributed by atoms with Crippen LogP contribution in [0.15, 0.2) is 18.3 Å². The maximum absolute atomic E-state index is 11.3. The summed E-state index contributed by atoms with van der Waals surface area (Å²) in [5.41, 5.74) is 0. The average Bonchev–Trinajstić information content (AvgIpc) is 2.97. The Labute approximate surface area is 87.0 Å². The summed E-state index contributed by atoms with van der Waals surface area (Å²) < 4.78 is 5.28. The molecule has 0 unspecified atom stereocenters. The summed E-state index contributed by atoms with van der Waals surface area (Å²) >= 11 is 5.66. The first-order valence-electron chi connectivity index (χ1n) is 4.53. The Morgan fingerprint density at radius 3 is 3.07 bits per heavy atom. The Morgan fingerprint density at radius 2 is 2.43 bits per heavy atom. The van der Waals surface area contributed by atoms with Crippen molar-refractivity contribution in [1.82, 2.24) is 4.98 Å². The van der Waals surface area contributed by atoms with E-state index >= 15 is 0 Å². The fourth-order valence-corrected chi connectivity index (χ4v) is 1.32. The lowest BCUT2D eigenvalue weighted by molar-refractivity contribution is -0.122. The predicted molar refractivity (Wildman–Crippen MR) is 52.5 cm³/mol. The summed E-state index contributed by atoms with van der Waals surface area (Å²) in [7, 11) is 0. The average molecular weight is 212 g/mol. The van der Waals surface area contributed by atoms with E-state index in [1.165, 1.54) is 0 Å². The molecule has 0 spiro atoms. The smallest absolute Gasteiger partial charge is 0.173 e. The van der Waals surface area contributed by atoms with Gasteiger partial charge in [-0.3, -0.25) is 4.79 Å². The Balaban J connectivity index is 1.87. The molecule has 0 atom stereocenters. The molecule has 2 rings (SSSR count). The second kappa shape index (κ2) is 3.96. The minimum absolute atomic E-state index is 0.144. The number of carbonyl (C=O) groups excluding carboxylic acids is 1. The van der Waals surface area contributed by atoms with E-state index < -0.39 is 0 Å². The Hall–Kier alpha value is -1.09. The van der Waals surface area contributed by atoms with Gasteiger partial charge < -0.3 is 4.74 Å². The van der Waals surface area contributed by atoms with Gasteiger partial charge in [0.05, 0.1) is 0 Å². The molecule has 1 aromatic rings. The molecule has 0 aromatic carbocycles. The maximum atomic E-state index is 11.3. The van der Waals surface area contributed by atoms with Crippen molar-refractivity contribution < 1.29 is 9.53 Å². The van der Waals surface area contributed by atoms with E-state index in [9.17, 15) is 4.79 Å². The summed E-state index contributed by atoms with van der Waals surface area (Å²) in [6, 6.07) is 3.29. The van der Waals surface area contributed by atoms with Crippen molar-refractivity contribution >= 4 is 17.4 Å². The van der Waals surface area contributed by atoms with E-state index in [0.717, 1.165) is 12.8 Å². The van der Waals surface area contributed by atoms with E-state index in [1.807, 2.05) is 0 Å². The highest BCUT2D eigenvalue weighted by atomic mass is 35.5. The Morgan fingerprint density at radius 1 is 1.64 bits per heavy atom. The standard InChI is InChI=1S/C10H10ClNO2/c11-10-5-8(3-4-12-10)14-6-9(13)7-1-2-7/h3-5,7H,1-2,6H2. The number of carbonyl (C=O) groups is 1. The van der Waals surface area contributed by atoms with Crippen LogP contribution in [0.4, 0.5) is 0 Å². The van der Waals surface area contributed by atoms with Crippen LogP contribution in [0.25, 0.3) is 0 Å². The highest BCUT2D eigenvalue weighted by Crippen LogP contribution is 2.29. The van der Waals surface area contributed by atoms with Crippen LogP contribution in [0.2, 0.25) is 5.15 Å². The van der Waals surface area contributed by atoms with Crippen molar-refractivity contribution in [3.05, 3.63) is 23.5 Å². The molecule has 74 valence electrons.